The number of ether oxygens (including phenoxy) is 2. The number of ketones is 4. The number of hydrogen-bond acceptors (Lipinski definition) is 6. The van der Waals surface area contributed by atoms with E-state index in [0.717, 1.165) is 18.2 Å². The number of carbonyl (C=O) groups is 4. The van der Waals surface area contributed by atoms with Crippen LogP contribution < -0.4 is 9.47 Å². The molecule has 0 unspecified atom stereocenters. The van der Waals surface area contributed by atoms with Gasteiger partial charge in [0, 0.05) is 22.3 Å². The minimum Gasteiger partial charge on any atom is -0.435 e. The van der Waals surface area contributed by atoms with Crippen molar-refractivity contribution >= 4 is 23.1 Å². The molecule has 0 aliphatic rings. The summed E-state index contributed by atoms with van der Waals surface area (Å²) in [7, 11) is 0. The van der Waals surface area contributed by atoms with E-state index < -0.39 is 48.0 Å². The molecule has 0 spiro atoms. The SMILES string of the molecule is Cc1cc(C(=O)C(=O)c2cccc(F)c2)ccc1OC(F)F.Cc1cc(F)cc(C(=O)C(=O)c2ccc(OC(F)F)c(C)c2)c1. The van der Waals surface area contributed by atoms with E-state index in [1.54, 1.807) is 6.92 Å². The van der Waals surface area contributed by atoms with Crippen LogP contribution >= 0.6 is 0 Å². The van der Waals surface area contributed by atoms with Crippen LogP contribution in [0.2, 0.25) is 0 Å². The van der Waals surface area contributed by atoms with Gasteiger partial charge in [-0.1, -0.05) is 12.1 Å². The Hall–Kier alpha value is -5.26. The third kappa shape index (κ3) is 9.36. The molecule has 4 aromatic rings. The van der Waals surface area contributed by atoms with Crippen LogP contribution in [0.25, 0.3) is 0 Å². The molecule has 0 N–H and O–H groups in total. The first-order valence-corrected chi connectivity index (χ1v) is 13.0. The van der Waals surface area contributed by atoms with Crippen LogP contribution in [0.1, 0.15) is 58.1 Å². The zero-order chi connectivity index (χ0) is 33.4. The molecule has 0 saturated carbocycles. The van der Waals surface area contributed by atoms with Gasteiger partial charge in [0.25, 0.3) is 0 Å². The van der Waals surface area contributed by atoms with Crippen molar-refractivity contribution in [3.63, 3.8) is 0 Å². The van der Waals surface area contributed by atoms with Gasteiger partial charge in [0.05, 0.1) is 0 Å². The van der Waals surface area contributed by atoms with E-state index in [1.165, 1.54) is 74.5 Å². The third-order valence-electron chi connectivity index (χ3n) is 6.11. The maximum atomic E-state index is 13.3. The first-order valence-electron chi connectivity index (χ1n) is 13.0. The average molecular weight is 631 g/mol. The number of alkyl halides is 4. The topological polar surface area (TPSA) is 86.7 Å². The second-order valence-electron chi connectivity index (χ2n) is 9.56. The smallest absolute Gasteiger partial charge is 0.387 e. The van der Waals surface area contributed by atoms with Crippen LogP contribution in [0.15, 0.2) is 78.9 Å². The lowest BCUT2D eigenvalue weighted by atomic mass is 9.99. The van der Waals surface area contributed by atoms with E-state index in [9.17, 15) is 45.5 Å². The summed E-state index contributed by atoms with van der Waals surface area (Å²) in [5.74, 6) is -4.83. The molecule has 0 atom stereocenters. The normalized spacial score (nSPS) is 10.6. The van der Waals surface area contributed by atoms with Crippen molar-refractivity contribution < 1.29 is 55.0 Å². The van der Waals surface area contributed by atoms with E-state index >= 15 is 0 Å². The Balaban J connectivity index is 0.000000246. The highest BCUT2D eigenvalue weighted by molar-refractivity contribution is 6.49. The third-order valence-corrected chi connectivity index (χ3v) is 6.11. The van der Waals surface area contributed by atoms with Crippen LogP contribution in [0.4, 0.5) is 26.3 Å². The number of benzene rings is 4. The van der Waals surface area contributed by atoms with Gasteiger partial charge in [0.2, 0.25) is 23.1 Å². The molecule has 0 aliphatic carbocycles. The first-order chi connectivity index (χ1) is 21.2. The largest absolute Gasteiger partial charge is 0.435 e. The van der Waals surface area contributed by atoms with Crippen molar-refractivity contribution in [1.29, 1.82) is 0 Å². The molecule has 0 fully saturated rings. The standard InChI is InChI=1S/C17H13F3O3.C16H11F3O3/c1-9-5-12(8-13(18)6-9)16(22)15(21)11-3-4-14(10(2)7-11)23-17(19)20;1-9-7-11(5-6-13(9)22-16(18)19)15(21)14(20)10-3-2-4-12(17)8-10/h3-8,17H,1-2H3;2-8,16H,1H3. The first kappa shape index (κ1) is 34.2. The van der Waals surface area contributed by atoms with Crippen molar-refractivity contribution in [2.75, 3.05) is 0 Å². The number of carbonyl (C=O) groups excluding carboxylic acids is 4. The van der Waals surface area contributed by atoms with Gasteiger partial charge in [-0.3, -0.25) is 19.2 Å². The molecule has 234 valence electrons. The van der Waals surface area contributed by atoms with E-state index in [1.807, 2.05) is 0 Å². The summed E-state index contributed by atoms with van der Waals surface area (Å²) in [5.41, 5.74) is 1.01. The minimum atomic E-state index is -2.98. The lowest BCUT2D eigenvalue weighted by Crippen LogP contribution is -2.15. The summed E-state index contributed by atoms with van der Waals surface area (Å²) in [6.45, 7) is -1.40. The van der Waals surface area contributed by atoms with Crippen LogP contribution in [-0.2, 0) is 0 Å². The number of halogens is 6. The second kappa shape index (κ2) is 15.0. The van der Waals surface area contributed by atoms with Gasteiger partial charge < -0.3 is 9.47 Å². The Morgan fingerprint density at radius 1 is 0.511 bits per heavy atom. The fourth-order valence-electron chi connectivity index (χ4n) is 4.06. The maximum Gasteiger partial charge on any atom is 0.387 e. The van der Waals surface area contributed by atoms with Crippen LogP contribution in [-0.4, -0.2) is 36.4 Å². The monoisotopic (exact) mass is 630 g/mol. The Labute approximate surface area is 253 Å². The maximum absolute atomic E-state index is 13.3. The zero-order valence-corrected chi connectivity index (χ0v) is 23.9. The number of aryl methyl sites for hydroxylation is 3. The van der Waals surface area contributed by atoms with Crippen LogP contribution in [0.3, 0.4) is 0 Å². The van der Waals surface area contributed by atoms with Gasteiger partial charge in [0.15, 0.2) is 0 Å². The molecule has 0 saturated heterocycles. The Bertz CT molecular complexity index is 1730. The van der Waals surface area contributed by atoms with Gasteiger partial charge in [-0.05, 0) is 104 Å². The summed E-state index contributed by atoms with van der Waals surface area (Å²) in [6.07, 6.45) is 0. The highest BCUT2D eigenvalue weighted by Crippen LogP contribution is 2.24. The average Bonchev–Trinajstić information content (AvgIpc) is 2.97. The Morgan fingerprint density at radius 3 is 1.33 bits per heavy atom. The summed E-state index contributed by atoms with van der Waals surface area (Å²) in [4.78, 5) is 48.4. The summed E-state index contributed by atoms with van der Waals surface area (Å²) < 4.78 is 83.7. The number of hydrogen-bond donors (Lipinski definition) is 0. The van der Waals surface area contributed by atoms with Crippen molar-refractivity contribution in [2.45, 2.75) is 34.0 Å². The molecular formula is C33H24F6O6. The van der Waals surface area contributed by atoms with Gasteiger partial charge in [-0.15, -0.1) is 0 Å². The van der Waals surface area contributed by atoms with Crippen molar-refractivity contribution in [2.24, 2.45) is 0 Å². The van der Waals surface area contributed by atoms with Crippen LogP contribution in [0.5, 0.6) is 11.5 Å². The molecule has 0 radical (unpaired) electrons. The minimum absolute atomic E-state index is 0.0216. The fourth-order valence-corrected chi connectivity index (χ4v) is 4.06. The zero-order valence-electron chi connectivity index (χ0n) is 23.9. The summed E-state index contributed by atoms with van der Waals surface area (Å²) in [5, 5.41) is 0. The predicted octanol–water partition coefficient (Wildman–Crippen LogP) is 7.91. The van der Waals surface area contributed by atoms with E-state index in [2.05, 4.69) is 9.47 Å². The molecule has 0 aromatic heterocycles. The van der Waals surface area contributed by atoms with Crippen molar-refractivity contribution in [3.05, 3.63) is 129 Å². The molecule has 6 nitrogen and oxygen atoms in total. The highest BCUT2D eigenvalue weighted by atomic mass is 19.3. The molecule has 0 aliphatic heterocycles. The lowest BCUT2D eigenvalue weighted by Gasteiger charge is -2.09. The highest BCUT2D eigenvalue weighted by Gasteiger charge is 2.21. The molecule has 45 heavy (non-hydrogen) atoms. The van der Waals surface area contributed by atoms with Crippen molar-refractivity contribution in [3.8, 4) is 11.5 Å². The van der Waals surface area contributed by atoms with Gasteiger partial charge in [-0.2, -0.15) is 17.6 Å². The quantitative estimate of drug-likeness (QED) is 0.101. The van der Waals surface area contributed by atoms with Gasteiger partial charge in [-0.25, -0.2) is 8.78 Å². The molecule has 12 heteroatoms. The number of Topliss-reactive ketones (excluding diaryl/α,β-unsaturated/α-hetero) is 4. The summed E-state index contributed by atoms with van der Waals surface area (Å²) in [6, 6.07) is 15.8. The second-order valence-corrected chi connectivity index (χ2v) is 9.56. The van der Waals surface area contributed by atoms with E-state index in [4.69, 9.17) is 0 Å². The van der Waals surface area contributed by atoms with Gasteiger partial charge in [0.1, 0.15) is 23.1 Å². The molecule has 0 amide bonds. The van der Waals surface area contributed by atoms with E-state index in [0.29, 0.717) is 11.1 Å². The number of rotatable bonds is 10. The van der Waals surface area contributed by atoms with E-state index in [-0.39, 0.29) is 39.3 Å². The lowest BCUT2D eigenvalue weighted by molar-refractivity contribution is -0.0509. The molecule has 0 heterocycles. The molecule has 4 aromatic carbocycles. The fraction of sp³-hybridized carbons (Fsp3) is 0.152. The van der Waals surface area contributed by atoms with Crippen LogP contribution in [0, 0.1) is 32.4 Å². The van der Waals surface area contributed by atoms with Crippen molar-refractivity contribution in [1.82, 2.24) is 0 Å². The summed E-state index contributed by atoms with van der Waals surface area (Å²) >= 11 is 0. The predicted molar refractivity (Wildman–Crippen MR) is 150 cm³/mol. The molecule has 0 bridgehead atoms. The van der Waals surface area contributed by atoms with Gasteiger partial charge >= 0.3 is 13.2 Å². The Kier molecular flexibility index (Phi) is 11.4. The molecular weight excluding hydrogens is 606 g/mol. The Morgan fingerprint density at radius 2 is 0.933 bits per heavy atom. The molecule has 4 rings (SSSR count).